The monoisotopic (exact) mass is 413 g/mol. The second-order valence-electron chi connectivity index (χ2n) is 7.66. The Labute approximate surface area is 176 Å². The predicted octanol–water partition coefficient (Wildman–Crippen LogP) is 1.78. The highest BCUT2D eigenvalue weighted by molar-refractivity contribution is 5.81. The van der Waals surface area contributed by atoms with Crippen LogP contribution >= 0.6 is 0 Å². The van der Waals surface area contributed by atoms with Crippen molar-refractivity contribution in [3.05, 3.63) is 60.2 Å². The Balaban J connectivity index is 1.45. The van der Waals surface area contributed by atoms with Gasteiger partial charge >= 0.3 is 0 Å². The maximum Gasteiger partial charge on any atom is 0.239 e. The number of likely N-dealkylation sites (N-methyl/N-ethyl adjacent to an activating group) is 1. The third-order valence-electron chi connectivity index (χ3n) is 5.19. The van der Waals surface area contributed by atoms with Gasteiger partial charge in [0.15, 0.2) is 0 Å². The molecule has 0 aliphatic carbocycles. The van der Waals surface area contributed by atoms with Gasteiger partial charge in [-0.3, -0.25) is 14.6 Å². The number of amides is 2. The molecule has 1 fully saturated rings. The number of nitrogens with zero attached hydrogens (tertiary/aromatic N) is 2. The van der Waals surface area contributed by atoms with Crippen molar-refractivity contribution in [2.75, 3.05) is 32.0 Å². The zero-order chi connectivity index (χ0) is 21.3. The lowest BCUT2D eigenvalue weighted by Gasteiger charge is -2.22. The van der Waals surface area contributed by atoms with Crippen molar-refractivity contribution in [2.45, 2.75) is 25.4 Å². The summed E-state index contributed by atoms with van der Waals surface area (Å²) >= 11 is 0. The first-order valence-electron chi connectivity index (χ1n) is 10.1. The molecule has 30 heavy (non-hydrogen) atoms. The molecular weight excluding hydrogens is 385 g/mol. The summed E-state index contributed by atoms with van der Waals surface area (Å²) in [6.45, 7) is 1.61. The first-order valence-corrected chi connectivity index (χ1v) is 10.1. The van der Waals surface area contributed by atoms with Gasteiger partial charge in [0.25, 0.3) is 0 Å². The number of nitrogens with one attached hydrogen (secondary N) is 3. The number of carbonyl (C=O) groups excluding carboxylic acids is 2. The van der Waals surface area contributed by atoms with Crippen LogP contribution in [0.25, 0.3) is 0 Å². The van der Waals surface area contributed by atoms with Crippen LogP contribution in [0.5, 0.6) is 0 Å². The molecule has 1 saturated heterocycles. The minimum Gasteiger partial charge on any atom is -0.375 e. The summed E-state index contributed by atoms with van der Waals surface area (Å²) < 4.78 is 13.7. The first-order chi connectivity index (χ1) is 14.5. The van der Waals surface area contributed by atoms with Crippen molar-refractivity contribution >= 4 is 17.5 Å². The lowest BCUT2D eigenvalue weighted by Crippen LogP contribution is -2.43. The Kier molecular flexibility index (Phi) is 7.73. The van der Waals surface area contributed by atoms with Gasteiger partial charge in [-0.15, -0.1) is 0 Å². The summed E-state index contributed by atoms with van der Waals surface area (Å²) in [5.41, 5.74) is 1.26. The van der Waals surface area contributed by atoms with Gasteiger partial charge in [0.05, 0.1) is 18.2 Å². The van der Waals surface area contributed by atoms with Crippen LogP contribution in [0.1, 0.15) is 18.4 Å². The number of hydrogen-bond acceptors (Lipinski definition) is 5. The maximum absolute atomic E-state index is 13.7. The second-order valence-corrected chi connectivity index (χ2v) is 7.66. The van der Waals surface area contributed by atoms with Crippen LogP contribution in [0.15, 0.2) is 48.8 Å². The molecule has 1 aromatic heterocycles. The normalized spacial score (nSPS) is 19.5. The van der Waals surface area contributed by atoms with Gasteiger partial charge in [-0.05, 0) is 38.1 Å². The van der Waals surface area contributed by atoms with Crippen LogP contribution in [0.2, 0.25) is 0 Å². The number of halogens is 1. The van der Waals surface area contributed by atoms with E-state index in [0.29, 0.717) is 31.5 Å². The van der Waals surface area contributed by atoms with E-state index in [9.17, 15) is 14.0 Å². The van der Waals surface area contributed by atoms with Crippen molar-refractivity contribution < 1.29 is 14.0 Å². The molecule has 160 valence electrons. The molecule has 3 rings (SSSR count). The zero-order valence-electron chi connectivity index (χ0n) is 17.1. The summed E-state index contributed by atoms with van der Waals surface area (Å²) in [7, 11) is 1.94. The zero-order valence-corrected chi connectivity index (χ0v) is 17.1. The molecule has 2 aromatic rings. The van der Waals surface area contributed by atoms with Crippen molar-refractivity contribution in [3.8, 4) is 0 Å². The Bertz CT molecular complexity index is 848. The van der Waals surface area contributed by atoms with Crippen LogP contribution in [-0.2, 0) is 16.1 Å². The summed E-state index contributed by atoms with van der Waals surface area (Å²) in [4.78, 5) is 30.9. The number of rotatable bonds is 7. The van der Waals surface area contributed by atoms with Crippen molar-refractivity contribution in [3.63, 3.8) is 0 Å². The largest absolute Gasteiger partial charge is 0.375 e. The Morgan fingerprint density at radius 1 is 1.17 bits per heavy atom. The fraction of sp³-hybridized carbons (Fsp3) is 0.409. The minimum absolute atomic E-state index is 0.0254. The smallest absolute Gasteiger partial charge is 0.239 e. The van der Waals surface area contributed by atoms with E-state index in [-0.39, 0.29) is 42.7 Å². The van der Waals surface area contributed by atoms with Crippen molar-refractivity contribution in [1.82, 2.24) is 20.5 Å². The highest BCUT2D eigenvalue weighted by atomic mass is 19.1. The molecule has 3 N–H and O–H groups in total. The number of pyridine rings is 1. The molecule has 0 radical (unpaired) electrons. The summed E-state index contributed by atoms with van der Waals surface area (Å²) in [6.07, 6.45) is 4.71. The van der Waals surface area contributed by atoms with E-state index >= 15 is 0 Å². The lowest BCUT2D eigenvalue weighted by atomic mass is 10.0. The lowest BCUT2D eigenvalue weighted by molar-refractivity contribution is -0.125. The van der Waals surface area contributed by atoms with Gasteiger partial charge < -0.3 is 20.9 Å². The van der Waals surface area contributed by atoms with Gasteiger partial charge in [-0.25, -0.2) is 4.39 Å². The van der Waals surface area contributed by atoms with E-state index in [1.807, 2.05) is 13.1 Å². The number of benzene rings is 1. The average Bonchev–Trinajstić information content (AvgIpc) is 2.93. The summed E-state index contributed by atoms with van der Waals surface area (Å²) in [6, 6.07) is 10.1. The van der Waals surface area contributed by atoms with Crippen LogP contribution in [0, 0.1) is 11.7 Å². The van der Waals surface area contributed by atoms with E-state index < -0.39 is 0 Å². The highest BCUT2D eigenvalue weighted by Gasteiger charge is 2.27. The van der Waals surface area contributed by atoms with Crippen molar-refractivity contribution in [2.24, 2.45) is 5.92 Å². The molecule has 1 aliphatic heterocycles. The topological polar surface area (TPSA) is 86.4 Å². The van der Waals surface area contributed by atoms with Gasteiger partial charge in [0.1, 0.15) is 5.82 Å². The number of anilines is 1. The SMILES string of the molecule is CN1C[C@@H](NC(=O)CNc2cccnc2)CC[C@@H](C(=O)NCc2ccccc2F)C1. The third-order valence-corrected chi connectivity index (χ3v) is 5.19. The minimum atomic E-state index is -0.321. The van der Waals surface area contributed by atoms with E-state index in [1.165, 1.54) is 6.07 Å². The van der Waals surface area contributed by atoms with Gasteiger partial charge in [0.2, 0.25) is 11.8 Å². The van der Waals surface area contributed by atoms with Gasteiger partial charge in [-0.1, -0.05) is 18.2 Å². The van der Waals surface area contributed by atoms with E-state index in [1.54, 1.807) is 36.7 Å². The van der Waals surface area contributed by atoms with Crippen LogP contribution in [0.3, 0.4) is 0 Å². The van der Waals surface area contributed by atoms with E-state index in [2.05, 4.69) is 25.8 Å². The molecule has 2 heterocycles. The molecule has 0 saturated carbocycles. The molecule has 0 bridgehead atoms. The standard InChI is InChI=1S/C22H28FN5O2/c1-28-14-17(22(30)26-11-16-5-2-3-7-20(16)23)8-9-19(15-28)27-21(29)13-25-18-6-4-10-24-12-18/h2-7,10,12,17,19,25H,8-9,11,13-15H2,1H3,(H,26,30)(H,27,29)/t17-,19+/m1/s1. The van der Waals surface area contributed by atoms with Crippen molar-refractivity contribution in [1.29, 1.82) is 0 Å². The highest BCUT2D eigenvalue weighted by Crippen LogP contribution is 2.17. The van der Waals surface area contributed by atoms with Crippen LogP contribution in [0.4, 0.5) is 10.1 Å². The number of aromatic nitrogens is 1. The maximum atomic E-state index is 13.7. The number of carbonyl (C=O) groups is 2. The fourth-order valence-electron chi connectivity index (χ4n) is 3.64. The van der Waals surface area contributed by atoms with Crippen LogP contribution in [-0.4, -0.2) is 54.4 Å². The van der Waals surface area contributed by atoms with Gasteiger partial charge in [0, 0.05) is 43.6 Å². The third kappa shape index (κ3) is 6.52. The molecule has 2 amide bonds. The Morgan fingerprint density at radius 3 is 2.77 bits per heavy atom. The first kappa shape index (κ1) is 21.7. The molecule has 1 aliphatic rings. The molecule has 1 aromatic carbocycles. The Morgan fingerprint density at radius 2 is 2.00 bits per heavy atom. The van der Waals surface area contributed by atoms with Gasteiger partial charge in [-0.2, -0.15) is 0 Å². The molecule has 0 unspecified atom stereocenters. The number of likely N-dealkylation sites (tertiary alicyclic amines) is 1. The summed E-state index contributed by atoms with van der Waals surface area (Å²) in [5.74, 6) is -0.703. The Hall–Kier alpha value is -3.00. The molecule has 0 spiro atoms. The molecular formula is C22H28FN5O2. The molecule has 7 nitrogen and oxygen atoms in total. The number of hydrogen-bond donors (Lipinski definition) is 3. The summed E-state index contributed by atoms with van der Waals surface area (Å²) in [5, 5.41) is 8.92. The molecule has 8 heteroatoms. The van der Waals surface area contributed by atoms with E-state index in [4.69, 9.17) is 0 Å². The van der Waals surface area contributed by atoms with E-state index in [0.717, 1.165) is 5.69 Å². The predicted molar refractivity (Wildman–Crippen MR) is 113 cm³/mol. The van der Waals surface area contributed by atoms with Crippen LogP contribution < -0.4 is 16.0 Å². The quantitative estimate of drug-likeness (QED) is 0.644. The molecule has 2 atom stereocenters. The average molecular weight is 413 g/mol. The second kappa shape index (κ2) is 10.7. The fourth-order valence-corrected chi connectivity index (χ4v) is 3.64.